The molecule has 0 N–H and O–H groups in total. The second-order valence-corrected chi connectivity index (χ2v) is 6.89. The highest BCUT2D eigenvalue weighted by Gasteiger charge is 2.48. The summed E-state index contributed by atoms with van der Waals surface area (Å²) in [6.07, 6.45) is 3.18. The number of rotatable bonds is 3. The quantitative estimate of drug-likeness (QED) is 0.478. The molecule has 2 rings (SSSR count). The molecule has 0 heterocycles. The number of halogens is 1. The molecule has 0 saturated heterocycles. The molecule has 0 bridgehead atoms. The monoisotopic (exact) mass is 348 g/mol. The van der Waals surface area contributed by atoms with Gasteiger partial charge in [-0.15, -0.1) is 0 Å². The summed E-state index contributed by atoms with van der Waals surface area (Å²) in [5.41, 5.74) is 0.408. The molecule has 0 spiro atoms. The standard InChI is InChI=1S/C17H17BrO3/c1-17(2)10-13(20)14(15(21)16(17)18)12(19)9-8-11-6-4-3-5-7-11/h3-9,14,16H,10H2,1-2H3/b9-8+/t14-,16-/m0/s1. The Labute approximate surface area is 132 Å². The van der Waals surface area contributed by atoms with Crippen LogP contribution in [0.2, 0.25) is 0 Å². The van der Waals surface area contributed by atoms with Crippen molar-refractivity contribution >= 4 is 39.4 Å². The largest absolute Gasteiger partial charge is 0.298 e. The number of carbonyl (C=O) groups is 3. The molecule has 1 aromatic carbocycles. The van der Waals surface area contributed by atoms with Crippen LogP contribution in [0.1, 0.15) is 25.8 Å². The second-order valence-electron chi connectivity index (χ2n) is 5.98. The first-order valence-corrected chi connectivity index (χ1v) is 7.72. The van der Waals surface area contributed by atoms with Gasteiger partial charge in [0.2, 0.25) is 0 Å². The van der Waals surface area contributed by atoms with Crippen molar-refractivity contribution in [2.45, 2.75) is 25.1 Å². The summed E-state index contributed by atoms with van der Waals surface area (Å²) in [5, 5.41) is 0. The van der Waals surface area contributed by atoms with Gasteiger partial charge in [-0.1, -0.05) is 66.2 Å². The molecule has 1 aromatic rings. The summed E-state index contributed by atoms with van der Waals surface area (Å²) >= 11 is 3.33. The van der Waals surface area contributed by atoms with Gasteiger partial charge in [-0.3, -0.25) is 14.4 Å². The van der Waals surface area contributed by atoms with E-state index in [1.807, 2.05) is 44.2 Å². The van der Waals surface area contributed by atoms with Crippen LogP contribution in [0.25, 0.3) is 6.08 Å². The van der Waals surface area contributed by atoms with Gasteiger partial charge in [0, 0.05) is 6.42 Å². The third-order valence-electron chi connectivity index (χ3n) is 3.70. The zero-order valence-corrected chi connectivity index (χ0v) is 13.6. The number of hydrogen-bond donors (Lipinski definition) is 0. The van der Waals surface area contributed by atoms with E-state index >= 15 is 0 Å². The first kappa shape index (κ1) is 15.8. The molecular weight excluding hydrogens is 332 g/mol. The molecule has 3 nitrogen and oxygen atoms in total. The van der Waals surface area contributed by atoms with Gasteiger partial charge in [0.05, 0.1) is 4.83 Å². The topological polar surface area (TPSA) is 51.2 Å². The average molecular weight is 349 g/mol. The highest BCUT2D eigenvalue weighted by molar-refractivity contribution is 9.10. The molecule has 0 radical (unpaired) electrons. The predicted octanol–water partition coefficient (Wildman–Crippen LogP) is 3.22. The number of hydrogen-bond acceptors (Lipinski definition) is 3. The van der Waals surface area contributed by atoms with Crippen LogP contribution in [-0.2, 0) is 14.4 Å². The minimum absolute atomic E-state index is 0.226. The van der Waals surface area contributed by atoms with E-state index in [1.165, 1.54) is 6.08 Å². The molecule has 2 atom stereocenters. The molecule has 1 saturated carbocycles. The molecule has 1 aliphatic rings. The molecule has 110 valence electrons. The number of carbonyl (C=O) groups excluding carboxylic acids is 3. The molecule has 0 aliphatic heterocycles. The van der Waals surface area contributed by atoms with Crippen molar-refractivity contribution in [2.24, 2.45) is 11.3 Å². The van der Waals surface area contributed by atoms with E-state index < -0.39 is 21.9 Å². The zero-order valence-electron chi connectivity index (χ0n) is 12.0. The molecule has 1 aliphatic carbocycles. The summed E-state index contributed by atoms with van der Waals surface area (Å²) in [7, 11) is 0. The lowest BCUT2D eigenvalue weighted by atomic mass is 9.70. The van der Waals surface area contributed by atoms with E-state index in [-0.39, 0.29) is 18.0 Å². The number of Topliss-reactive ketones (excluding diaryl/α,β-unsaturated/α-hetero) is 2. The van der Waals surface area contributed by atoms with Crippen molar-refractivity contribution in [3.05, 3.63) is 42.0 Å². The van der Waals surface area contributed by atoms with Gasteiger partial charge in [-0.25, -0.2) is 0 Å². The summed E-state index contributed by atoms with van der Waals surface area (Å²) in [6, 6.07) is 9.30. The lowest BCUT2D eigenvalue weighted by Crippen LogP contribution is -2.49. The van der Waals surface area contributed by atoms with Crippen molar-refractivity contribution in [1.82, 2.24) is 0 Å². The SMILES string of the molecule is CC1(C)CC(=O)[C@H](C(=O)/C=C/c2ccccc2)C(=O)[C@@H]1Br. The van der Waals surface area contributed by atoms with Gasteiger partial charge >= 0.3 is 0 Å². The van der Waals surface area contributed by atoms with Gasteiger partial charge < -0.3 is 0 Å². The van der Waals surface area contributed by atoms with Crippen molar-refractivity contribution in [3.63, 3.8) is 0 Å². The zero-order chi connectivity index (χ0) is 15.6. The van der Waals surface area contributed by atoms with E-state index in [1.54, 1.807) is 6.08 Å². The average Bonchev–Trinajstić information content (AvgIpc) is 2.43. The third kappa shape index (κ3) is 3.38. The Morgan fingerprint density at radius 3 is 2.48 bits per heavy atom. The van der Waals surface area contributed by atoms with Crippen molar-refractivity contribution < 1.29 is 14.4 Å². The first-order chi connectivity index (χ1) is 9.83. The highest BCUT2D eigenvalue weighted by Crippen LogP contribution is 2.39. The maximum absolute atomic E-state index is 12.3. The van der Waals surface area contributed by atoms with E-state index in [9.17, 15) is 14.4 Å². The smallest absolute Gasteiger partial charge is 0.173 e. The van der Waals surface area contributed by atoms with Crippen LogP contribution in [0.4, 0.5) is 0 Å². The highest BCUT2D eigenvalue weighted by atomic mass is 79.9. The van der Waals surface area contributed by atoms with Crippen LogP contribution in [0, 0.1) is 11.3 Å². The molecule has 1 fully saturated rings. The minimum atomic E-state index is -1.16. The fraction of sp³-hybridized carbons (Fsp3) is 0.353. The van der Waals surface area contributed by atoms with Crippen molar-refractivity contribution in [2.75, 3.05) is 0 Å². The number of alkyl halides is 1. The number of benzene rings is 1. The maximum Gasteiger partial charge on any atom is 0.173 e. The van der Waals surface area contributed by atoms with E-state index in [4.69, 9.17) is 0 Å². The molecular formula is C17H17BrO3. The van der Waals surface area contributed by atoms with E-state index in [2.05, 4.69) is 15.9 Å². The van der Waals surface area contributed by atoms with Crippen LogP contribution in [-0.4, -0.2) is 22.2 Å². The summed E-state index contributed by atoms with van der Waals surface area (Å²) in [4.78, 5) is 36.1. The molecule has 4 heteroatoms. The van der Waals surface area contributed by atoms with Gasteiger partial charge in [-0.2, -0.15) is 0 Å². The Hall–Kier alpha value is -1.55. The minimum Gasteiger partial charge on any atom is -0.298 e. The van der Waals surface area contributed by atoms with Crippen LogP contribution in [0.3, 0.4) is 0 Å². The lowest BCUT2D eigenvalue weighted by Gasteiger charge is -2.35. The van der Waals surface area contributed by atoms with Crippen molar-refractivity contribution in [1.29, 1.82) is 0 Å². The Morgan fingerprint density at radius 2 is 1.86 bits per heavy atom. The van der Waals surface area contributed by atoms with Crippen LogP contribution in [0.5, 0.6) is 0 Å². The summed E-state index contributed by atoms with van der Waals surface area (Å²) < 4.78 is 0. The Bertz CT molecular complexity index is 602. The van der Waals surface area contributed by atoms with E-state index in [0.29, 0.717) is 0 Å². The fourth-order valence-corrected chi connectivity index (χ4v) is 2.89. The number of ketones is 3. The molecule has 0 amide bonds. The Morgan fingerprint density at radius 1 is 1.24 bits per heavy atom. The van der Waals surface area contributed by atoms with Crippen LogP contribution >= 0.6 is 15.9 Å². The number of allylic oxidation sites excluding steroid dienone is 1. The Balaban J connectivity index is 2.18. The van der Waals surface area contributed by atoms with Gasteiger partial charge in [0.1, 0.15) is 5.92 Å². The van der Waals surface area contributed by atoms with Crippen LogP contribution in [0.15, 0.2) is 36.4 Å². The predicted molar refractivity (Wildman–Crippen MR) is 85.1 cm³/mol. The maximum atomic E-state index is 12.3. The van der Waals surface area contributed by atoms with Gasteiger partial charge in [0.25, 0.3) is 0 Å². The first-order valence-electron chi connectivity index (χ1n) is 6.80. The normalized spacial score (nSPS) is 25.3. The van der Waals surface area contributed by atoms with Gasteiger partial charge in [-0.05, 0) is 17.1 Å². The van der Waals surface area contributed by atoms with Gasteiger partial charge in [0.15, 0.2) is 17.3 Å². The Kier molecular flexibility index (Phi) is 4.57. The third-order valence-corrected chi connectivity index (χ3v) is 5.39. The summed E-state index contributed by atoms with van der Waals surface area (Å²) in [6.45, 7) is 3.70. The van der Waals surface area contributed by atoms with Crippen molar-refractivity contribution in [3.8, 4) is 0 Å². The lowest BCUT2D eigenvalue weighted by molar-refractivity contribution is -0.142. The van der Waals surface area contributed by atoms with E-state index in [0.717, 1.165) is 5.56 Å². The summed E-state index contributed by atoms with van der Waals surface area (Å²) in [5.74, 6) is -2.22. The second kappa shape index (κ2) is 6.06. The molecule has 0 unspecified atom stereocenters. The van der Waals surface area contributed by atoms with Crippen LogP contribution < -0.4 is 0 Å². The fourth-order valence-electron chi connectivity index (χ4n) is 2.47. The molecule has 0 aromatic heterocycles. The molecule has 21 heavy (non-hydrogen) atoms.